The van der Waals surface area contributed by atoms with Crippen LogP contribution in [0.1, 0.15) is 0 Å². The number of hydrogen-bond acceptors (Lipinski definition) is 5. The summed E-state index contributed by atoms with van der Waals surface area (Å²) in [7, 11) is -3.75. The first-order valence-corrected chi connectivity index (χ1v) is 9.12. The first-order chi connectivity index (χ1) is 11.5. The summed E-state index contributed by atoms with van der Waals surface area (Å²) >= 11 is 3.22. The number of benzene rings is 2. The van der Waals surface area contributed by atoms with E-state index in [9.17, 15) is 13.5 Å². The van der Waals surface area contributed by atoms with Crippen LogP contribution in [-0.2, 0) is 10.0 Å². The van der Waals surface area contributed by atoms with Crippen LogP contribution in [0.4, 0.5) is 5.69 Å². The molecule has 0 unspecified atom stereocenters. The first-order valence-electron chi connectivity index (χ1n) is 6.84. The minimum absolute atomic E-state index is 0.106. The Bertz CT molecular complexity index is 976. The van der Waals surface area contributed by atoms with Gasteiger partial charge in [-0.25, -0.2) is 18.4 Å². The average Bonchev–Trinajstić information content (AvgIpc) is 2.55. The van der Waals surface area contributed by atoms with Crippen molar-refractivity contribution in [2.75, 3.05) is 4.72 Å². The van der Waals surface area contributed by atoms with Crippen molar-refractivity contribution < 1.29 is 13.5 Å². The molecule has 122 valence electrons. The van der Waals surface area contributed by atoms with E-state index in [4.69, 9.17) is 0 Å². The molecule has 0 spiro atoms. The molecule has 0 saturated heterocycles. The molecule has 0 atom stereocenters. The van der Waals surface area contributed by atoms with Gasteiger partial charge in [0, 0.05) is 10.0 Å². The lowest BCUT2D eigenvalue weighted by Crippen LogP contribution is -2.14. The summed E-state index contributed by atoms with van der Waals surface area (Å²) in [6.07, 6.45) is 2.75. The number of sulfonamides is 1. The van der Waals surface area contributed by atoms with Crippen molar-refractivity contribution in [2.24, 2.45) is 0 Å². The van der Waals surface area contributed by atoms with Crippen LogP contribution in [0, 0.1) is 0 Å². The smallest absolute Gasteiger partial charge is 0.263 e. The van der Waals surface area contributed by atoms with Crippen LogP contribution in [0.15, 0.2) is 70.3 Å². The zero-order valence-corrected chi connectivity index (χ0v) is 14.6. The molecule has 0 bridgehead atoms. The maximum Gasteiger partial charge on any atom is 0.263 e. The number of phenolic OH excluding ortho intramolecular Hbond substituents is 1. The van der Waals surface area contributed by atoms with Crippen molar-refractivity contribution in [1.82, 2.24) is 9.97 Å². The number of aromatic nitrogens is 2. The Balaban J connectivity index is 1.85. The maximum atomic E-state index is 12.4. The van der Waals surface area contributed by atoms with Crippen LogP contribution < -0.4 is 4.72 Å². The van der Waals surface area contributed by atoms with Crippen molar-refractivity contribution in [3.05, 3.63) is 65.4 Å². The third-order valence-corrected chi connectivity index (χ3v) is 5.53. The van der Waals surface area contributed by atoms with Crippen molar-refractivity contribution in [3.63, 3.8) is 0 Å². The third kappa shape index (κ3) is 3.55. The molecule has 2 aromatic carbocycles. The highest BCUT2D eigenvalue weighted by molar-refractivity contribution is 9.10. The summed E-state index contributed by atoms with van der Waals surface area (Å²) in [6.45, 7) is 0. The van der Waals surface area contributed by atoms with Gasteiger partial charge in [0.25, 0.3) is 10.0 Å². The number of anilines is 1. The van der Waals surface area contributed by atoms with Gasteiger partial charge in [-0.05, 0) is 40.2 Å². The summed E-state index contributed by atoms with van der Waals surface area (Å²) < 4.78 is 27.7. The van der Waals surface area contributed by atoms with E-state index in [0.717, 1.165) is 0 Å². The minimum atomic E-state index is -3.75. The summed E-state index contributed by atoms with van der Waals surface area (Å²) in [5.41, 5.74) is 0.880. The lowest BCUT2D eigenvalue weighted by molar-refractivity contribution is 0.475. The van der Waals surface area contributed by atoms with E-state index in [-0.39, 0.29) is 16.3 Å². The summed E-state index contributed by atoms with van der Waals surface area (Å²) in [4.78, 5) is 8.39. The molecule has 1 aromatic heterocycles. The second kappa shape index (κ2) is 6.58. The molecule has 6 nitrogen and oxygen atoms in total. The fourth-order valence-corrected chi connectivity index (χ4v) is 4.08. The van der Waals surface area contributed by atoms with Gasteiger partial charge in [-0.15, -0.1) is 0 Å². The van der Waals surface area contributed by atoms with Gasteiger partial charge in [-0.1, -0.05) is 24.3 Å². The second-order valence-corrected chi connectivity index (χ2v) is 7.39. The van der Waals surface area contributed by atoms with Crippen molar-refractivity contribution in [1.29, 1.82) is 0 Å². The molecule has 8 heteroatoms. The summed E-state index contributed by atoms with van der Waals surface area (Å²) in [5.74, 6) is 0.490. The number of aromatic hydroxyl groups is 1. The summed E-state index contributed by atoms with van der Waals surface area (Å²) in [5, 5.41) is 9.48. The highest BCUT2D eigenvalue weighted by Crippen LogP contribution is 2.24. The van der Waals surface area contributed by atoms with E-state index in [1.807, 2.05) is 0 Å². The Morgan fingerprint density at radius 2 is 1.71 bits per heavy atom. The van der Waals surface area contributed by atoms with E-state index in [1.54, 1.807) is 36.4 Å². The van der Waals surface area contributed by atoms with Gasteiger partial charge in [0.1, 0.15) is 10.6 Å². The molecule has 3 rings (SSSR count). The van der Waals surface area contributed by atoms with E-state index < -0.39 is 10.0 Å². The van der Waals surface area contributed by atoms with Gasteiger partial charge >= 0.3 is 0 Å². The van der Waals surface area contributed by atoms with Gasteiger partial charge in [-0.2, -0.15) is 0 Å². The lowest BCUT2D eigenvalue weighted by atomic mass is 10.2. The molecular weight excluding hydrogens is 394 g/mol. The molecule has 2 N–H and O–H groups in total. The van der Waals surface area contributed by atoms with Gasteiger partial charge in [0.05, 0.1) is 18.1 Å². The van der Waals surface area contributed by atoms with Gasteiger partial charge < -0.3 is 5.11 Å². The predicted octanol–water partition coefficient (Wildman–Crippen LogP) is 3.41. The first kappa shape index (κ1) is 16.4. The zero-order valence-electron chi connectivity index (χ0n) is 12.2. The third-order valence-electron chi connectivity index (χ3n) is 3.13. The Labute approximate surface area is 147 Å². The molecule has 24 heavy (non-hydrogen) atoms. The Kier molecular flexibility index (Phi) is 4.50. The number of rotatable bonds is 4. The van der Waals surface area contributed by atoms with Gasteiger partial charge in [0.15, 0.2) is 5.82 Å². The number of nitrogens with one attached hydrogen (secondary N) is 1. The molecule has 0 aliphatic rings. The Morgan fingerprint density at radius 3 is 2.38 bits per heavy atom. The number of hydrogen-bond donors (Lipinski definition) is 2. The van der Waals surface area contributed by atoms with Crippen LogP contribution in [0.2, 0.25) is 0 Å². The lowest BCUT2D eigenvalue weighted by Gasteiger charge is -2.09. The van der Waals surface area contributed by atoms with E-state index >= 15 is 0 Å². The number of phenols is 1. The van der Waals surface area contributed by atoms with Crippen molar-refractivity contribution in [2.45, 2.75) is 4.90 Å². The van der Waals surface area contributed by atoms with E-state index in [0.29, 0.717) is 15.9 Å². The Morgan fingerprint density at radius 1 is 1.00 bits per heavy atom. The fraction of sp³-hybridized carbons (Fsp3) is 0. The summed E-state index contributed by atoms with van der Waals surface area (Å²) in [6, 6.07) is 13.0. The molecule has 3 aromatic rings. The molecule has 0 fully saturated rings. The highest BCUT2D eigenvalue weighted by Gasteiger charge is 2.17. The molecule has 0 aliphatic carbocycles. The van der Waals surface area contributed by atoms with Crippen LogP contribution in [-0.4, -0.2) is 23.5 Å². The van der Waals surface area contributed by atoms with Crippen molar-refractivity contribution in [3.8, 4) is 17.1 Å². The fourth-order valence-electron chi connectivity index (χ4n) is 2.05. The molecular formula is C16H12BrN3O3S. The highest BCUT2D eigenvalue weighted by atomic mass is 79.9. The van der Waals surface area contributed by atoms with E-state index in [1.165, 1.54) is 24.5 Å². The molecule has 0 radical (unpaired) electrons. The SMILES string of the molecule is O=S(=O)(Nc1cnc(-c2cccc(O)c2)nc1)c1ccccc1Br. The average molecular weight is 406 g/mol. The molecule has 0 saturated carbocycles. The van der Waals surface area contributed by atoms with Crippen LogP contribution in [0.25, 0.3) is 11.4 Å². The second-order valence-electron chi connectivity index (χ2n) is 4.88. The topological polar surface area (TPSA) is 92.2 Å². The molecule has 0 aliphatic heterocycles. The van der Waals surface area contributed by atoms with E-state index in [2.05, 4.69) is 30.6 Å². The van der Waals surface area contributed by atoms with Crippen LogP contribution >= 0.6 is 15.9 Å². The quantitative estimate of drug-likeness (QED) is 0.693. The predicted molar refractivity (Wildman–Crippen MR) is 94.1 cm³/mol. The molecule has 1 heterocycles. The minimum Gasteiger partial charge on any atom is -0.508 e. The normalized spacial score (nSPS) is 11.2. The Hall–Kier alpha value is -2.45. The largest absolute Gasteiger partial charge is 0.508 e. The van der Waals surface area contributed by atoms with Crippen molar-refractivity contribution >= 4 is 31.6 Å². The molecule has 0 amide bonds. The zero-order chi connectivity index (χ0) is 17.2. The standard InChI is InChI=1S/C16H12BrN3O3S/c17-14-6-1-2-7-15(14)24(22,23)20-12-9-18-16(19-10-12)11-4-3-5-13(21)8-11/h1-10,20-21H. The maximum absolute atomic E-state index is 12.4. The van der Waals surface area contributed by atoms with Crippen LogP contribution in [0.5, 0.6) is 5.75 Å². The number of halogens is 1. The van der Waals surface area contributed by atoms with Gasteiger partial charge in [-0.3, -0.25) is 4.72 Å². The number of nitrogens with zero attached hydrogens (tertiary/aromatic N) is 2. The monoisotopic (exact) mass is 405 g/mol. The van der Waals surface area contributed by atoms with Crippen LogP contribution in [0.3, 0.4) is 0 Å². The van der Waals surface area contributed by atoms with Gasteiger partial charge in [0.2, 0.25) is 0 Å².